The molecule has 3 aromatic rings. The van der Waals surface area contributed by atoms with Crippen molar-refractivity contribution in [3.8, 4) is 5.75 Å². The van der Waals surface area contributed by atoms with Crippen LogP contribution in [0.1, 0.15) is 57.9 Å². The van der Waals surface area contributed by atoms with Crippen molar-refractivity contribution in [3.05, 3.63) is 89.4 Å². The van der Waals surface area contributed by atoms with Gasteiger partial charge in [-0.15, -0.1) is 0 Å². The largest absolute Gasteiger partial charge is 0.492 e. The maximum absolute atomic E-state index is 14.3. The van der Waals surface area contributed by atoms with E-state index in [1.807, 2.05) is 13.0 Å². The van der Waals surface area contributed by atoms with Gasteiger partial charge in [0.05, 0.1) is 17.2 Å². The Balaban J connectivity index is 1.74. The van der Waals surface area contributed by atoms with E-state index in [1.165, 1.54) is 17.0 Å². The number of amides is 2. The number of nitrogens with one attached hydrogen (secondary N) is 1. The summed E-state index contributed by atoms with van der Waals surface area (Å²) in [4.78, 5) is 29.5. The SMILES string of the molecule is CCOc1ccccc1N(CC(=O)N(Cc1ccccc1Cl)[C@@H](CC)C(=O)NC1CCCCC1)S(=O)(=O)c1ccccc1. The summed E-state index contributed by atoms with van der Waals surface area (Å²) in [5.74, 6) is -0.449. The lowest BCUT2D eigenvalue weighted by molar-refractivity contribution is -0.140. The Kier molecular flexibility index (Phi) is 11.5. The molecule has 0 saturated heterocycles. The van der Waals surface area contributed by atoms with Crippen molar-refractivity contribution in [1.82, 2.24) is 10.2 Å². The molecule has 3 aromatic carbocycles. The number of ether oxygens (including phenoxy) is 1. The highest BCUT2D eigenvalue weighted by Crippen LogP contribution is 2.33. The summed E-state index contributed by atoms with van der Waals surface area (Å²) in [5.41, 5.74) is 0.896. The zero-order chi connectivity index (χ0) is 30.8. The molecule has 1 aliphatic carbocycles. The Labute approximate surface area is 260 Å². The molecule has 0 aliphatic heterocycles. The highest BCUT2D eigenvalue weighted by atomic mass is 35.5. The lowest BCUT2D eigenvalue weighted by Gasteiger charge is -2.35. The fourth-order valence-electron chi connectivity index (χ4n) is 5.45. The second-order valence-corrected chi connectivity index (χ2v) is 12.9. The Bertz CT molecular complexity index is 1480. The Morgan fingerprint density at radius 1 is 0.930 bits per heavy atom. The molecule has 1 aliphatic rings. The number of rotatable bonds is 13. The number of hydrogen-bond donors (Lipinski definition) is 1. The van der Waals surface area contributed by atoms with E-state index in [0.717, 1.165) is 36.4 Å². The van der Waals surface area contributed by atoms with Crippen LogP contribution in [0.15, 0.2) is 83.8 Å². The molecule has 1 atom stereocenters. The molecular formula is C33H40ClN3O5S. The molecule has 230 valence electrons. The highest BCUT2D eigenvalue weighted by Gasteiger charge is 2.35. The van der Waals surface area contributed by atoms with Crippen LogP contribution in [0.2, 0.25) is 5.02 Å². The van der Waals surface area contributed by atoms with Crippen LogP contribution >= 0.6 is 11.6 Å². The average Bonchev–Trinajstić information content (AvgIpc) is 3.02. The minimum absolute atomic E-state index is 0.0360. The van der Waals surface area contributed by atoms with Crippen LogP contribution in [0, 0.1) is 0 Å². The zero-order valence-corrected chi connectivity index (χ0v) is 26.3. The van der Waals surface area contributed by atoms with Crippen LogP contribution in [-0.4, -0.2) is 50.4 Å². The van der Waals surface area contributed by atoms with Crippen molar-refractivity contribution in [1.29, 1.82) is 0 Å². The van der Waals surface area contributed by atoms with E-state index in [9.17, 15) is 18.0 Å². The fourth-order valence-corrected chi connectivity index (χ4v) is 7.09. The van der Waals surface area contributed by atoms with E-state index in [0.29, 0.717) is 29.4 Å². The number of nitrogens with zero attached hydrogens (tertiary/aromatic N) is 2. The van der Waals surface area contributed by atoms with Gasteiger partial charge in [0.15, 0.2) is 0 Å². The predicted octanol–water partition coefficient (Wildman–Crippen LogP) is 6.19. The summed E-state index contributed by atoms with van der Waals surface area (Å²) in [6.45, 7) is 3.46. The third kappa shape index (κ3) is 8.09. The zero-order valence-electron chi connectivity index (χ0n) is 24.7. The van der Waals surface area contributed by atoms with Crippen LogP contribution in [0.25, 0.3) is 0 Å². The van der Waals surface area contributed by atoms with Crippen LogP contribution in [0.3, 0.4) is 0 Å². The summed E-state index contributed by atoms with van der Waals surface area (Å²) in [6, 6.07) is 21.1. The number of para-hydroxylation sites is 2. The minimum Gasteiger partial charge on any atom is -0.492 e. The third-order valence-electron chi connectivity index (χ3n) is 7.68. The summed E-state index contributed by atoms with van der Waals surface area (Å²) >= 11 is 6.50. The molecule has 0 bridgehead atoms. The van der Waals surface area contributed by atoms with E-state index in [-0.39, 0.29) is 29.1 Å². The van der Waals surface area contributed by atoms with Crippen molar-refractivity contribution >= 4 is 39.1 Å². The first-order valence-electron chi connectivity index (χ1n) is 14.9. The summed E-state index contributed by atoms with van der Waals surface area (Å²) in [5, 5.41) is 3.61. The lowest BCUT2D eigenvalue weighted by Crippen LogP contribution is -2.54. The maximum Gasteiger partial charge on any atom is 0.264 e. The summed E-state index contributed by atoms with van der Waals surface area (Å²) in [6.07, 6.45) is 5.40. The highest BCUT2D eigenvalue weighted by molar-refractivity contribution is 7.92. The standard InChI is InChI=1S/C33H40ClN3O5S/c1-3-29(33(39)35-26-16-7-5-8-17-26)36(23-25-15-11-12-20-28(25)34)32(38)24-37(30-21-13-14-22-31(30)42-4-2)43(40,41)27-18-9-6-10-19-27/h6,9-15,18-22,26,29H,3-5,7-8,16-17,23-24H2,1-2H3,(H,35,39)/t29-/m0/s1. The van der Waals surface area contributed by atoms with Gasteiger partial charge in [0.25, 0.3) is 10.0 Å². The topological polar surface area (TPSA) is 96.0 Å². The Morgan fingerprint density at radius 3 is 2.26 bits per heavy atom. The molecule has 0 heterocycles. The van der Waals surface area contributed by atoms with Gasteiger partial charge in [-0.1, -0.05) is 86.3 Å². The second-order valence-electron chi connectivity index (χ2n) is 10.6. The van der Waals surface area contributed by atoms with Gasteiger partial charge in [-0.05, 0) is 62.1 Å². The van der Waals surface area contributed by atoms with Crippen LogP contribution in [0.5, 0.6) is 5.75 Å². The van der Waals surface area contributed by atoms with E-state index in [4.69, 9.17) is 16.3 Å². The van der Waals surface area contributed by atoms with Crippen molar-refractivity contribution in [2.75, 3.05) is 17.5 Å². The number of anilines is 1. The molecule has 2 amide bonds. The molecule has 0 unspecified atom stereocenters. The molecule has 0 spiro atoms. The minimum atomic E-state index is -4.20. The van der Waals surface area contributed by atoms with Gasteiger partial charge in [0.1, 0.15) is 18.3 Å². The second kappa shape index (κ2) is 15.3. The summed E-state index contributed by atoms with van der Waals surface area (Å²) in [7, 11) is -4.20. The van der Waals surface area contributed by atoms with Gasteiger partial charge >= 0.3 is 0 Å². The normalized spacial score (nSPS) is 14.5. The van der Waals surface area contributed by atoms with Crippen LogP contribution in [0.4, 0.5) is 5.69 Å². The van der Waals surface area contributed by atoms with Gasteiger partial charge in [0.2, 0.25) is 11.8 Å². The van der Waals surface area contributed by atoms with Crippen molar-refractivity contribution in [3.63, 3.8) is 0 Å². The van der Waals surface area contributed by atoms with Gasteiger partial charge in [0, 0.05) is 17.6 Å². The van der Waals surface area contributed by atoms with E-state index >= 15 is 0 Å². The van der Waals surface area contributed by atoms with Gasteiger partial charge in [-0.2, -0.15) is 0 Å². The van der Waals surface area contributed by atoms with Crippen molar-refractivity contribution < 1.29 is 22.7 Å². The predicted molar refractivity (Wildman–Crippen MR) is 170 cm³/mol. The lowest BCUT2D eigenvalue weighted by atomic mass is 9.95. The van der Waals surface area contributed by atoms with Gasteiger partial charge in [-0.3, -0.25) is 13.9 Å². The van der Waals surface area contributed by atoms with E-state index in [2.05, 4.69) is 5.32 Å². The fraction of sp³-hybridized carbons (Fsp3) is 0.394. The smallest absolute Gasteiger partial charge is 0.264 e. The quantitative estimate of drug-likeness (QED) is 0.244. The van der Waals surface area contributed by atoms with Gasteiger partial charge in [-0.25, -0.2) is 8.42 Å². The maximum atomic E-state index is 14.3. The van der Waals surface area contributed by atoms with Crippen molar-refractivity contribution in [2.45, 2.75) is 75.9 Å². The number of sulfonamides is 1. The molecule has 10 heteroatoms. The first kappa shape index (κ1) is 32.4. The average molecular weight is 626 g/mol. The van der Waals surface area contributed by atoms with E-state index < -0.39 is 28.5 Å². The van der Waals surface area contributed by atoms with Crippen LogP contribution in [-0.2, 0) is 26.2 Å². The molecule has 8 nitrogen and oxygen atoms in total. The third-order valence-corrected chi connectivity index (χ3v) is 9.82. The Hall–Kier alpha value is -3.56. The number of halogens is 1. The van der Waals surface area contributed by atoms with Crippen LogP contribution < -0.4 is 14.4 Å². The molecule has 43 heavy (non-hydrogen) atoms. The number of hydrogen-bond acceptors (Lipinski definition) is 5. The monoisotopic (exact) mass is 625 g/mol. The Morgan fingerprint density at radius 2 is 1.58 bits per heavy atom. The number of benzene rings is 3. The van der Waals surface area contributed by atoms with E-state index in [1.54, 1.807) is 67.6 Å². The number of carbonyl (C=O) groups excluding carboxylic acids is 2. The molecule has 1 saturated carbocycles. The van der Waals surface area contributed by atoms with Gasteiger partial charge < -0.3 is 15.0 Å². The first-order chi connectivity index (χ1) is 20.8. The molecule has 0 aromatic heterocycles. The molecule has 0 radical (unpaired) electrons. The molecule has 1 N–H and O–H groups in total. The molecular weight excluding hydrogens is 586 g/mol. The molecule has 4 rings (SSSR count). The van der Waals surface area contributed by atoms with Crippen molar-refractivity contribution in [2.24, 2.45) is 0 Å². The summed E-state index contributed by atoms with van der Waals surface area (Å²) < 4.78 is 35.0. The number of carbonyl (C=O) groups is 2. The first-order valence-corrected chi connectivity index (χ1v) is 16.7. The molecule has 1 fully saturated rings.